The largest absolute Gasteiger partial charge is 0.383 e. The first kappa shape index (κ1) is 20.3. The average Bonchev–Trinajstić information content (AvgIpc) is 2.62. The minimum Gasteiger partial charge on any atom is -0.383 e. The van der Waals surface area contributed by atoms with E-state index in [0.29, 0.717) is 30.0 Å². The molecule has 0 saturated carbocycles. The topological polar surface area (TPSA) is 79.5 Å². The van der Waals surface area contributed by atoms with Crippen LogP contribution in [0.2, 0.25) is 0 Å². The van der Waals surface area contributed by atoms with Crippen LogP contribution in [-0.4, -0.2) is 37.2 Å². The Labute approximate surface area is 170 Å². The predicted octanol–water partition coefficient (Wildman–Crippen LogP) is 2.79. The fraction of sp³-hybridized carbons (Fsp3) is 0.167. The monoisotopic (exact) mass is 483 g/mol. The normalized spacial score (nSPS) is 10.1. The number of rotatable bonds is 6. The lowest BCUT2D eigenvalue weighted by Crippen LogP contribution is -2.34. The third kappa shape index (κ3) is 6.04. The standard InChI is InChI=1S/C18H18IN3O3S/c1-25-11-10-20-16(23)12-6-8-13(9-7-12)21-18(26)22-17(24)14-4-2-3-5-15(14)19/h2-9H,10-11H2,1H3,(H,20,23)(H2,21,22,24,26). The number of amides is 2. The van der Waals surface area contributed by atoms with Gasteiger partial charge in [0.1, 0.15) is 0 Å². The van der Waals surface area contributed by atoms with Crippen LogP contribution in [0.4, 0.5) is 5.69 Å². The molecule has 3 N–H and O–H groups in total. The van der Waals surface area contributed by atoms with E-state index in [4.69, 9.17) is 17.0 Å². The molecule has 0 aliphatic carbocycles. The van der Waals surface area contributed by atoms with E-state index < -0.39 is 0 Å². The summed E-state index contributed by atoms with van der Waals surface area (Å²) >= 11 is 7.27. The number of anilines is 1. The molecule has 2 aromatic rings. The van der Waals surface area contributed by atoms with Crippen LogP contribution in [0.15, 0.2) is 48.5 Å². The van der Waals surface area contributed by atoms with Crippen LogP contribution in [0.1, 0.15) is 20.7 Å². The summed E-state index contributed by atoms with van der Waals surface area (Å²) in [5.41, 5.74) is 1.76. The molecular formula is C18H18IN3O3S. The highest BCUT2D eigenvalue weighted by atomic mass is 127. The second-order valence-corrected chi connectivity index (χ2v) is 6.78. The Balaban J connectivity index is 1.90. The summed E-state index contributed by atoms with van der Waals surface area (Å²) in [6.45, 7) is 0.906. The Kier molecular flexibility index (Phi) is 7.95. The number of ether oxygens (including phenoxy) is 1. The molecule has 0 fully saturated rings. The van der Waals surface area contributed by atoms with Crippen molar-refractivity contribution in [3.8, 4) is 0 Å². The zero-order chi connectivity index (χ0) is 18.9. The summed E-state index contributed by atoms with van der Waals surface area (Å²) in [4.78, 5) is 24.1. The molecule has 0 heterocycles. The highest BCUT2D eigenvalue weighted by Crippen LogP contribution is 2.12. The molecule has 136 valence electrons. The summed E-state index contributed by atoms with van der Waals surface area (Å²) < 4.78 is 5.73. The van der Waals surface area contributed by atoms with E-state index in [-0.39, 0.29) is 16.9 Å². The Hall–Kier alpha value is -2.04. The van der Waals surface area contributed by atoms with E-state index >= 15 is 0 Å². The highest BCUT2D eigenvalue weighted by molar-refractivity contribution is 14.1. The molecule has 0 radical (unpaired) electrons. The number of methoxy groups -OCH3 is 1. The lowest BCUT2D eigenvalue weighted by atomic mass is 10.2. The number of hydrogen-bond acceptors (Lipinski definition) is 4. The second kappa shape index (κ2) is 10.2. The third-order valence-corrected chi connectivity index (χ3v) is 4.49. The molecular weight excluding hydrogens is 465 g/mol. The molecule has 0 spiro atoms. The van der Waals surface area contributed by atoms with Gasteiger partial charge in [-0.2, -0.15) is 0 Å². The molecule has 8 heteroatoms. The highest BCUT2D eigenvalue weighted by Gasteiger charge is 2.11. The first-order chi connectivity index (χ1) is 12.5. The van der Waals surface area contributed by atoms with E-state index in [1.54, 1.807) is 43.5 Å². The van der Waals surface area contributed by atoms with Crippen LogP contribution in [0.3, 0.4) is 0 Å². The third-order valence-electron chi connectivity index (χ3n) is 3.34. The van der Waals surface area contributed by atoms with E-state index in [1.807, 2.05) is 12.1 Å². The van der Waals surface area contributed by atoms with Gasteiger partial charge in [0, 0.05) is 28.5 Å². The van der Waals surface area contributed by atoms with Crippen molar-refractivity contribution >= 4 is 57.4 Å². The van der Waals surface area contributed by atoms with Gasteiger partial charge in [0.25, 0.3) is 11.8 Å². The van der Waals surface area contributed by atoms with Gasteiger partial charge in [0.2, 0.25) is 0 Å². The van der Waals surface area contributed by atoms with E-state index in [2.05, 4.69) is 38.5 Å². The van der Waals surface area contributed by atoms with E-state index in [1.165, 1.54) is 0 Å². The number of nitrogens with one attached hydrogen (secondary N) is 3. The summed E-state index contributed by atoms with van der Waals surface area (Å²) in [7, 11) is 1.58. The molecule has 0 atom stereocenters. The van der Waals surface area contributed by atoms with Gasteiger partial charge in [-0.15, -0.1) is 0 Å². The minimum atomic E-state index is -0.276. The fourth-order valence-electron chi connectivity index (χ4n) is 2.05. The molecule has 2 rings (SSSR count). The quantitative estimate of drug-likeness (QED) is 0.335. The van der Waals surface area contributed by atoms with Crippen molar-refractivity contribution in [1.82, 2.24) is 10.6 Å². The van der Waals surface area contributed by atoms with Crippen molar-refractivity contribution < 1.29 is 14.3 Å². The number of halogens is 1. The summed E-state index contributed by atoms with van der Waals surface area (Å²) in [5, 5.41) is 8.50. The smallest absolute Gasteiger partial charge is 0.258 e. The maximum absolute atomic E-state index is 12.2. The van der Waals surface area contributed by atoms with Crippen LogP contribution >= 0.6 is 34.8 Å². The first-order valence-electron chi connectivity index (χ1n) is 7.75. The maximum Gasteiger partial charge on any atom is 0.258 e. The van der Waals surface area contributed by atoms with Crippen molar-refractivity contribution in [2.24, 2.45) is 0 Å². The van der Waals surface area contributed by atoms with Crippen LogP contribution in [0.25, 0.3) is 0 Å². The zero-order valence-electron chi connectivity index (χ0n) is 14.0. The van der Waals surface area contributed by atoms with Gasteiger partial charge < -0.3 is 15.4 Å². The summed E-state index contributed by atoms with van der Waals surface area (Å²) in [5.74, 6) is -0.454. The molecule has 2 amide bonds. The number of hydrogen-bond donors (Lipinski definition) is 3. The van der Waals surface area contributed by atoms with Gasteiger partial charge in [-0.25, -0.2) is 0 Å². The SMILES string of the molecule is COCCNC(=O)c1ccc(NC(=S)NC(=O)c2ccccc2I)cc1. The Morgan fingerprint density at radius 3 is 2.42 bits per heavy atom. The second-order valence-electron chi connectivity index (χ2n) is 5.21. The molecule has 26 heavy (non-hydrogen) atoms. The number of thiocarbonyl (C=S) groups is 1. The fourth-order valence-corrected chi connectivity index (χ4v) is 2.89. The Morgan fingerprint density at radius 2 is 1.77 bits per heavy atom. The van der Waals surface area contributed by atoms with Gasteiger partial charge in [0.05, 0.1) is 12.2 Å². The van der Waals surface area contributed by atoms with Crippen molar-refractivity contribution in [1.29, 1.82) is 0 Å². The zero-order valence-corrected chi connectivity index (χ0v) is 17.0. The van der Waals surface area contributed by atoms with Crippen molar-refractivity contribution in [3.63, 3.8) is 0 Å². The Bertz CT molecular complexity index is 797. The van der Waals surface area contributed by atoms with Crippen molar-refractivity contribution in [3.05, 3.63) is 63.2 Å². The number of carbonyl (C=O) groups excluding carboxylic acids is 2. The van der Waals surface area contributed by atoms with Crippen molar-refractivity contribution in [2.75, 3.05) is 25.6 Å². The van der Waals surface area contributed by atoms with Gasteiger partial charge in [-0.3, -0.25) is 14.9 Å². The van der Waals surface area contributed by atoms with Gasteiger partial charge in [-0.05, 0) is 71.2 Å². The molecule has 0 saturated heterocycles. The molecule has 0 aliphatic heterocycles. The molecule has 0 aliphatic rings. The molecule has 0 unspecified atom stereocenters. The Morgan fingerprint density at radius 1 is 1.08 bits per heavy atom. The van der Waals surface area contributed by atoms with Crippen LogP contribution < -0.4 is 16.0 Å². The molecule has 0 aromatic heterocycles. The van der Waals surface area contributed by atoms with Gasteiger partial charge in [0.15, 0.2) is 5.11 Å². The predicted molar refractivity (Wildman–Crippen MR) is 113 cm³/mol. The summed E-state index contributed by atoms with van der Waals surface area (Å²) in [6, 6.07) is 14.0. The van der Waals surface area contributed by atoms with Gasteiger partial charge in [-0.1, -0.05) is 12.1 Å². The number of carbonyl (C=O) groups is 2. The number of benzene rings is 2. The minimum absolute atomic E-state index is 0.178. The van der Waals surface area contributed by atoms with Gasteiger partial charge >= 0.3 is 0 Å². The van der Waals surface area contributed by atoms with Crippen LogP contribution in [0.5, 0.6) is 0 Å². The molecule has 2 aromatic carbocycles. The lowest BCUT2D eigenvalue weighted by Gasteiger charge is -2.11. The molecule has 6 nitrogen and oxygen atoms in total. The van der Waals surface area contributed by atoms with Crippen molar-refractivity contribution in [2.45, 2.75) is 0 Å². The lowest BCUT2D eigenvalue weighted by molar-refractivity contribution is 0.0935. The van der Waals surface area contributed by atoms with E-state index in [0.717, 1.165) is 3.57 Å². The maximum atomic E-state index is 12.2. The van der Waals surface area contributed by atoms with Crippen LogP contribution in [-0.2, 0) is 4.74 Å². The van der Waals surface area contributed by atoms with E-state index in [9.17, 15) is 9.59 Å². The average molecular weight is 483 g/mol. The molecule has 0 bridgehead atoms. The first-order valence-corrected chi connectivity index (χ1v) is 9.24. The summed E-state index contributed by atoms with van der Waals surface area (Å²) in [6.07, 6.45) is 0. The van der Waals surface area contributed by atoms with Crippen LogP contribution in [0, 0.1) is 3.57 Å².